The number of carbonyl (C=O) groups excluding carboxylic acids is 1. The number of amides is 1. The van der Waals surface area contributed by atoms with E-state index in [1.165, 1.54) is 10.2 Å². The molecule has 0 radical (unpaired) electrons. The van der Waals surface area contributed by atoms with Crippen LogP contribution in [0.4, 0.5) is 5.82 Å². The molecule has 30 heavy (non-hydrogen) atoms. The van der Waals surface area contributed by atoms with Crippen molar-refractivity contribution in [1.82, 2.24) is 30.7 Å². The molecule has 0 aliphatic heterocycles. The lowest BCUT2D eigenvalue weighted by Gasteiger charge is -2.06. The van der Waals surface area contributed by atoms with Gasteiger partial charge in [0.15, 0.2) is 5.69 Å². The molecule has 0 saturated heterocycles. The second-order valence-electron chi connectivity index (χ2n) is 6.69. The lowest BCUT2D eigenvalue weighted by Crippen LogP contribution is -2.24. The lowest BCUT2D eigenvalue weighted by molar-refractivity contribution is 0.0947. The number of nitrogen functional groups attached to an aromatic ring is 1. The Labute approximate surface area is 170 Å². The minimum Gasteiger partial charge on any atom is -0.378 e. The van der Waals surface area contributed by atoms with E-state index in [-0.39, 0.29) is 17.3 Å². The fraction of sp³-hybridized carbons (Fsp3) is 0.100. The van der Waals surface area contributed by atoms with Crippen molar-refractivity contribution in [2.45, 2.75) is 12.8 Å². The van der Waals surface area contributed by atoms with Crippen LogP contribution in [0.3, 0.4) is 0 Å². The van der Waals surface area contributed by atoms with Gasteiger partial charge in [0.05, 0.1) is 5.71 Å². The molecule has 0 saturated carbocycles. The summed E-state index contributed by atoms with van der Waals surface area (Å²) in [5.74, 6) is -0.434. The van der Waals surface area contributed by atoms with E-state index in [0.29, 0.717) is 11.3 Å². The molecule has 2 aromatic carbocycles. The molecule has 1 amide bonds. The fourth-order valence-corrected chi connectivity index (χ4v) is 3.46. The Morgan fingerprint density at radius 3 is 2.67 bits per heavy atom. The molecule has 148 valence electrons. The smallest absolute Gasteiger partial charge is 0.292 e. The average molecular weight is 400 g/mol. The third-order valence-corrected chi connectivity index (χ3v) is 4.88. The normalized spacial score (nSPS) is 14.1. The maximum Gasteiger partial charge on any atom is 0.292 e. The minimum atomic E-state index is -0.502. The van der Waals surface area contributed by atoms with Crippen LogP contribution >= 0.6 is 0 Å². The molecule has 1 aliphatic rings. The van der Waals surface area contributed by atoms with Gasteiger partial charge in [-0.25, -0.2) is 10.1 Å². The maximum atomic E-state index is 13.2. The van der Waals surface area contributed by atoms with Crippen molar-refractivity contribution in [2.75, 3.05) is 5.73 Å². The average Bonchev–Trinajstić information content (AvgIpc) is 3.50. The van der Waals surface area contributed by atoms with Gasteiger partial charge in [-0.05, 0) is 28.7 Å². The molecule has 2 heterocycles. The van der Waals surface area contributed by atoms with Crippen molar-refractivity contribution >= 4 is 17.4 Å². The molecule has 2 aromatic heterocycles. The van der Waals surface area contributed by atoms with Crippen molar-refractivity contribution in [3.63, 3.8) is 0 Å². The zero-order valence-corrected chi connectivity index (χ0v) is 15.7. The second-order valence-corrected chi connectivity index (χ2v) is 6.69. The molecule has 4 aromatic rings. The van der Waals surface area contributed by atoms with Crippen LogP contribution < -0.4 is 11.2 Å². The Hall–Kier alpha value is -4.34. The Morgan fingerprint density at radius 2 is 1.87 bits per heavy atom. The van der Waals surface area contributed by atoms with Gasteiger partial charge in [-0.1, -0.05) is 59.8 Å². The van der Waals surface area contributed by atoms with Crippen molar-refractivity contribution < 1.29 is 9.42 Å². The number of fused-ring (bicyclic) bond motifs is 1. The molecule has 0 spiro atoms. The first-order valence-corrected chi connectivity index (χ1v) is 9.27. The number of hydrogen-bond donors (Lipinski definition) is 2. The van der Waals surface area contributed by atoms with Crippen LogP contribution in [0.2, 0.25) is 0 Å². The number of aromatic nitrogens is 5. The Morgan fingerprint density at radius 1 is 1.07 bits per heavy atom. The van der Waals surface area contributed by atoms with E-state index in [9.17, 15) is 4.79 Å². The van der Waals surface area contributed by atoms with E-state index in [2.05, 4.69) is 41.8 Å². The molecular weight excluding hydrogens is 384 g/mol. The van der Waals surface area contributed by atoms with E-state index < -0.39 is 5.91 Å². The molecule has 0 atom stereocenters. The summed E-state index contributed by atoms with van der Waals surface area (Å²) in [5.41, 5.74) is 12.7. The molecule has 0 fully saturated rings. The number of aryl methyl sites for hydroxylation is 1. The molecule has 10 heteroatoms. The van der Waals surface area contributed by atoms with Gasteiger partial charge in [0.25, 0.3) is 5.91 Å². The standard InChI is InChI=1S/C20H16N8O2/c21-18-19(26-30-25-18)28-17(16(23-27-28)13-7-2-1-3-8-13)20(29)24-22-15-11-10-12-6-4-5-9-14(12)15/h1-9H,10-11H2,(H2,21,25)(H,24,29)/b22-15-. The zero-order valence-electron chi connectivity index (χ0n) is 15.7. The van der Waals surface area contributed by atoms with E-state index >= 15 is 0 Å². The lowest BCUT2D eigenvalue weighted by atomic mass is 10.1. The van der Waals surface area contributed by atoms with E-state index in [1.807, 2.05) is 48.5 Å². The van der Waals surface area contributed by atoms with Gasteiger partial charge in [0.1, 0.15) is 5.69 Å². The van der Waals surface area contributed by atoms with Crippen molar-refractivity contribution in [3.05, 3.63) is 71.4 Å². The van der Waals surface area contributed by atoms with Crippen LogP contribution in [0.15, 0.2) is 64.3 Å². The SMILES string of the molecule is Nc1nonc1-n1nnc(-c2ccccc2)c1C(=O)N/N=C1/CCc2ccccc21. The van der Waals surface area contributed by atoms with Crippen molar-refractivity contribution in [2.24, 2.45) is 5.10 Å². The summed E-state index contributed by atoms with van der Waals surface area (Å²) in [4.78, 5) is 13.2. The summed E-state index contributed by atoms with van der Waals surface area (Å²) in [7, 11) is 0. The van der Waals surface area contributed by atoms with E-state index in [4.69, 9.17) is 5.73 Å². The topological polar surface area (TPSA) is 137 Å². The van der Waals surface area contributed by atoms with Crippen LogP contribution in [0, 0.1) is 0 Å². The van der Waals surface area contributed by atoms with Crippen molar-refractivity contribution in [3.8, 4) is 17.1 Å². The largest absolute Gasteiger partial charge is 0.378 e. The van der Waals surface area contributed by atoms with E-state index in [1.54, 1.807) is 0 Å². The first-order chi connectivity index (χ1) is 14.7. The predicted octanol–water partition coefficient (Wildman–Crippen LogP) is 1.98. The fourth-order valence-electron chi connectivity index (χ4n) is 3.46. The third kappa shape index (κ3) is 3.00. The highest BCUT2D eigenvalue weighted by Crippen LogP contribution is 2.25. The molecule has 1 aliphatic carbocycles. The van der Waals surface area contributed by atoms with Gasteiger partial charge in [0.2, 0.25) is 11.6 Å². The van der Waals surface area contributed by atoms with Crippen LogP contribution in [0.25, 0.3) is 17.1 Å². The predicted molar refractivity (Wildman–Crippen MR) is 108 cm³/mol. The number of carbonyl (C=O) groups is 1. The first-order valence-electron chi connectivity index (χ1n) is 9.27. The number of hydrazone groups is 1. The van der Waals surface area contributed by atoms with Crippen LogP contribution in [-0.4, -0.2) is 36.9 Å². The van der Waals surface area contributed by atoms with E-state index in [0.717, 1.165) is 24.1 Å². The summed E-state index contributed by atoms with van der Waals surface area (Å²) < 4.78 is 5.86. The molecule has 10 nitrogen and oxygen atoms in total. The third-order valence-electron chi connectivity index (χ3n) is 4.88. The Kier molecular flexibility index (Phi) is 4.28. The first kappa shape index (κ1) is 17.7. The highest BCUT2D eigenvalue weighted by atomic mass is 16.6. The summed E-state index contributed by atoms with van der Waals surface area (Å²) in [5, 5.41) is 19.9. The summed E-state index contributed by atoms with van der Waals surface area (Å²) in [6.07, 6.45) is 1.64. The van der Waals surface area contributed by atoms with Gasteiger partial charge < -0.3 is 5.73 Å². The van der Waals surface area contributed by atoms with Crippen molar-refractivity contribution in [1.29, 1.82) is 0 Å². The molecular formula is C20H16N8O2. The number of nitrogens with zero attached hydrogens (tertiary/aromatic N) is 6. The summed E-state index contributed by atoms with van der Waals surface area (Å²) in [6, 6.07) is 17.2. The van der Waals surface area contributed by atoms with Gasteiger partial charge >= 0.3 is 0 Å². The monoisotopic (exact) mass is 400 g/mol. The minimum absolute atomic E-state index is 0.00963. The number of hydrogen-bond acceptors (Lipinski definition) is 8. The van der Waals surface area contributed by atoms with Gasteiger partial charge in [-0.3, -0.25) is 4.79 Å². The Balaban J connectivity index is 1.54. The van der Waals surface area contributed by atoms with Crippen LogP contribution in [0.1, 0.15) is 28.0 Å². The molecule has 5 rings (SSSR count). The number of nitrogens with two attached hydrogens (primary N) is 1. The number of nitrogens with one attached hydrogen (secondary N) is 1. The summed E-state index contributed by atoms with van der Waals surface area (Å²) >= 11 is 0. The summed E-state index contributed by atoms with van der Waals surface area (Å²) in [6.45, 7) is 0. The maximum absolute atomic E-state index is 13.2. The number of benzene rings is 2. The number of rotatable bonds is 4. The molecule has 0 unspecified atom stereocenters. The van der Waals surface area contributed by atoms with Gasteiger partial charge in [-0.15, -0.1) is 5.10 Å². The second kappa shape index (κ2) is 7.24. The highest BCUT2D eigenvalue weighted by Gasteiger charge is 2.26. The van der Waals surface area contributed by atoms with Crippen LogP contribution in [-0.2, 0) is 6.42 Å². The highest BCUT2D eigenvalue weighted by molar-refractivity contribution is 6.06. The zero-order chi connectivity index (χ0) is 20.5. The quantitative estimate of drug-likeness (QED) is 0.500. The Bertz CT molecular complexity index is 1260. The molecule has 0 bridgehead atoms. The number of anilines is 1. The molecule has 3 N–H and O–H groups in total. The van der Waals surface area contributed by atoms with Crippen LogP contribution in [0.5, 0.6) is 0 Å². The van der Waals surface area contributed by atoms with Gasteiger partial charge in [0, 0.05) is 11.1 Å². The van der Waals surface area contributed by atoms with Gasteiger partial charge in [-0.2, -0.15) is 9.78 Å².